The van der Waals surface area contributed by atoms with Crippen LogP contribution in [-0.2, 0) is 11.2 Å². The number of ether oxygens (including phenoxy) is 1. The molecule has 2 atom stereocenters. The number of benzene rings is 1. The summed E-state index contributed by atoms with van der Waals surface area (Å²) in [6, 6.07) is 9.64. The molecule has 3 heterocycles. The van der Waals surface area contributed by atoms with Gasteiger partial charge in [0.1, 0.15) is 0 Å². The van der Waals surface area contributed by atoms with Crippen molar-refractivity contribution in [2.24, 2.45) is 0 Å². The summed E-state index contributed by atoms with van der Waals surface area (Å²) in [6.45, 7) is 1.52. The van der Waals surface area contributed by atoms with Crippen molar-refractivity contribution in [3.63, 3.8) is 0 Å². The zero-order valence-corrected chi connectivity index (χ0v) is 14.2. The standard InChI is InChI=1S/C18H20N6O2/c25-18(22-16-11-26-12-17(16)24-10-9-21-23-24)20-8-6-13-5-7-19-15-4-2-1-3-14(13)15/h1-5,7,9-10,16-17H,6,8,11-12H2,(H2,20,22,25)/t16-,17+/m0/s1. The van der Waals surface area contributed by atoms with E-state index in [1.165, 1.54) is 5.56 Å². The molecule has 2 aromatic heterocycles. The highest BCUT2D eigenvalue weighted by molar-refractivity contribution is 5.82. The van der Waals surface area contributed by atoms with Gasteiger partial charge in [-0.05, 0) is 24.1 Å². The van der Waals surface area contributed by atoms with Gasteiger partial charge < -0.3 is 15.4 Å². The average molecular weight is 352 g/mol. The van der Waals surface area contributed by atoms with Gasteiger partial charge in [0.15, 0.2) is 0 Å². The molecule has 4 rings (SSSR count). The normalized spacial score (nSPS) is 19.5. The number of aromatic nitrogens is 4. The number of carbonyl (C=O) groups excluding carboxylic acids is 1. The van der Waals surface area contributed by atoms with Crippen molar-refractivity contribution in [3.8, 4) is 0 Å². The molecule has 0 aliphatic carbocycles. The second-order valence-corrected chi connectivity index (χ2v) is 6.23. The molecule has 2 amide bonds. The predicted molar refractivity (Wildman–Crippen MR) is 95.6 cm³/mol. The molecule has 1 saturated heterocycles. The van der Waals surface area contributed by atoms with E-state index in [0.29, 0.717) is 19.8 Å². The molecule has 0 spiro atoms. The van der Waals surface area contributed by atoms with E-state index in [4.69, 9.17) is 4.74 Å². The molecule has 134 valence electrons. The van der Waals surface area contributed by atoms with Crippen molar-refractivity contribution < 1.29 is 9.53 Å². The first-order valence-corrected chi connectivity index (χ1v) is 8.62. The third-order valence-corrected chi connectivity index (χ3v) is 4.57. The lowest BCUT2D eigenvalue weighted by Gasteiger charge is -2.19. The number of nitrogens with one attached hydrogen (secondary N) is 2. The van der Waals surface area contributed by atoms with Crippen molar-refractivity contribution in [3.05, 3.63) is 54.5 Å². The molecule has 0 radical (unpaired) electrons. The Labute approximate surface area is 150 Å². The van der Waals surface area contributed by atoms with Gasteiger partial charge in [-0.3, -0.25) is 4.98 Å². The van der Waals surface area contributed by atoms with Gasteiger partial charge in [-0.25, -0.2) is 9.48 Å². The van der Waals surface area contributed by atoms with Crippen LogP contribution < -0.4 is 10.6 Å². The van der Waals surface area contributed by atoms with E-state index in [1.54, 1.807) is 23.3 Å². The summed E-state index contributed by atoms with van der Waals surface area (Å²) in [5, 5.41) is 14.8. The molecule has 0 saturated carbocycles. The summed E-state index contributed by atoms with van der Waals surface area (Å²) in [7, 11) is 0. The van der Waals surface area contributed by atoms with Crippen LogP contribution in [-0.4, -0.2) is 51.8 Å². The van der Waals surface area contributed by atoms with E-state index >= 15 is 0 Å². The van der Waals surface area contributed by atoms with Crippen LogP contribution in [0.15, 0.2) is 48.9 Å². The molecular weight excluding hydrogens is 332 g/mol. The van der Waals surface area contributed by atoms with E-state index in [-0.39, 0.29) is 18.1 Å². The fraction of sp³-hybridized carbons (Fsp3) is 0.333. The number of para-hydroxylation sites is 1. The predicted octanol–water partition coefficient (Wildman–Crippen LogP) is 1.31. The number of hydrogen-bond donors (Lipinski definition) is 2. The van der Waals surface area contributed by atoms with Crippen LogP contribution >= 0.6 is 0 Å². The van der Waals surface area contributed by atoms with Gasteiger partial charge in [-0.1, -0.05) is 23.4 Å². The second kappa shape index (κ2) is 7.49. The Balaban J connectivity index is 1.31. The lowest BCUT2D eigenvalue weighted by molar-refractivity contribution is 0.181. The first kappa shape index (κ1) is 16.5. The molecule has 0 unspecified atom stereocenters. The SMILES string of the molecule is O=C(NCCc1ccnc2ccccc12)N[C@H]1COC[C@H]1n1ccnn1. The Kier molecular flexibility index (Phi) is 4.74. The summed E-state index contributed by atoms with van der Waals surface area (Å²) >= 11 is 0. The first-order valence-electron chi connectivity index (χ1n) is 8.62. The summed E-state index contributed by atoms with van der Waals surface area (Å²) in [6.07, 6.45) is 5.94. The highest BCUT2D eigenvalue weighted by Gasteiger charge is 2.31. The van der Waals surface area contributed by atoms with Gasteiger partial charge in [-0.2, -0.15) is 0 Å². The third-order valence-electron chi connectivity index (χ3n) is 4.57. The van der Waals surface area contributed by atoms with E-state index in [9.17, 15) is 4.79 Å². The quantitative estimate of drug-likeness (QED) is 0.722. The molecule has 1 aromatic carbocycles. The second-order valence-electron chi connectivity index (χ2n) is 6.23. The van der Waals surface area contributed by atoms with Crippen molar-refractivity contribution >= 4 is 16.9 Å². The van der Waals surface area contributed by atoms with Gasteiger partial charge >= 0.3 is 6.03 Å². The van der Waals surface area contributed by atoms with E-state index in [2.05, 4.69) is 32.0 Å². The summed E-state index contributed by atoms with van der Waals surface area (Å²) in [5.74, 6) is 0. The maximum Gasteiger partial charge on any atom is 0.315 e. The Morgan fingerprint density at radius 2 is 2.15 bits per heavy atom. The van der Waals surface area contributed by atoms with Gasteiger partial charge in [0, 0.05) is 24.3 Å². The zero-order valence-electron chi connectivity index (χ0n) is 14.2. The first-order chi connectivity index (χ1) is 12.8. The number of rotatable bonds is 5. The lowest BCUT2D eigenvalue weighted by atomic mass is 10.1. The van der Waals surface area contributed by atoms with Crippen LogP contribution in [0.25, 0.3) is 10.9 Å². The van der Waals surface area contributed by atoms with E-state index in [1.807, 2.05) is 24.3 Å². The fourth-order valence-corrected chi connectivity index (χ4v) is 3.24. The Morgan fingerprint density at radius 1 is 1.23 bits per heavy atom. The average Bonchev–Trinajstić information content (AvgIpc) is 3.33. The molecule has 0 bridgehead atoms. The monoisotopic (exact) mass is 352 g/mol. The van der Waals surface area contributed by atoms with Crippen LogP contribution in [0.3, 0.4) is 0 Å². The third kappa shape index (κ3) is 3.50. The number of carbonyl (C=O) groups is 1. The molecule has 3 aromatic rings. The van der Waals surface area contributed by atoms with Crippen molar-refractivity contribution in [2.45, 2.75) is 18.5 Å². The smallest absolute Gasteiger partial charge is 0.315 e. The molecule has 2 N–H and O–H groups in total. The zero-order chi connectivity index (χ0) is 17.8. The van der Waals surface area contributed by atoms with Gasteiger partial charge in [0.05, 0.1) is 37.0 Å². The van der Waals surface area contributed by atoms with E-state index < -0.39 is 0 Å². The minimum atomic E-state index is -0.205. The van der Waals surface area contributed by atoms with Crippen LogP contribution in [0.1, 0.15) is 11.6 Å². The van der Waals surface area contributed by atoms with Crippen LogP contribution in [0, 0.1) is 0 Å². The number of pyridine rings is 1. The van der Waals surface area contributed by atoms with E-state index in [0.717, 1.165) is 17.3 Å². The van der Waals surface area contributed by atoms with Gasteiger partial charge in [-0.15, -0.1) is 5.10 Å². The Bertz CT molecular complexity index is 877. The van der Waals surface area contributed by atoms with Gasteiger partial charge in [0.25, 0.3) is 0 Å². The van der Waals surface area contributed by atoms with Crippen molar-refractivity contribution in [2.75, 3.05) is 19.8 Å². The van der Waals surface area contributed by atoms with Crippen LogP contribution in [0.4, 0.5) is 4.79 Å². The molecule has 1 aliphatic rings. The minimum Gasteiger partial charge on any atom is -0.377 e. The van der Waals surface area contributed by atoms with Gasteiger partial charge in [0.2, 0.25) is 0 Å². The number of hydrogen-bond acceptors (Lipinski definition) is 5. The number of fused-ring (bicyclic) bond motifs is 1. The van der Waals surface area contributed by atoms with Crippen molar-refractivity contribution in [1.82, 2.24) is 30.6 Å². The number of amides is 2. The molecule has 26 heavy (non-hydrogen) atoms. The maximum absolute atomic E-state index is 12.2. The Morgan fingerprint density at radius 3 is 3.04 bits per heavy atom. The molecular formula is C18H20N6O2. The molecule has 1 aliphatic heterocycles. The number of nitrogens with zero attached hydrogens (tertiary/aromatic N) is 4. The highest BCUT2D eigenvalue weighted by Crippen LogP contribution is 2.18. The summed E-state index contributed by atoms with van der Waals surface area (Å²) < 4.78 is 7.20. The Hall–Kier alpha value is -3.00. The highest BCUT2D eigenvalue weighted by atomic mass is 16.5. The van der Waals surface area contributed by atoms with Crippen molar-refractivity contribution in [1.29, 1.82) is 0 Å². The minimum absolute atomic E-state index is 0.0348. The fourth-order valence-electron chi connectivity index (χ4n) is 3.24. The molecule has 8 nitrogen and oxygen atoms in total. The maximum atomic E-state index is 12.2. The van der Waals surface area contributed by atoms with Crippen LogP contribution in [0.5, 0.6) is 0 Å². The lowest BCUT2D eigenvalue weighted by Crippen LogP contribution is -2.46. The number of urea groups is 1. The molecule has 1 fully saturated rings. The topological polar surface area (TPSA) is 94.0 Å². The molecule has 8 heteroatoms. The van der Waals surface area contributed by atoms with Crippen LogP contribution in [0.2, 0.25) is 0 Å². The summed E-state index contributed by atoms with van der Waals surface area (Å²) in [4.78, 5) is 16.6. The summed E-state index contributed by atoms with van der Waals surface area (Å²) in [5.41, 5.74) is 2.13. The largest absolute Gasteiger partial charge is 0.377 e.